The predicted octanol–water partition coefficient (Wildman–Crippen LogP) is 9.41. The topological polar surface area (TPSA) is 25.8 Å². The highest BCUT2D eigenvalue weighted by atomic mass is 14.7. The molecule has 0 fully saturated rings. The molecule has 0 radical (unpaired) electrons. The minimum Gasteiger partial charge on any atom is -0.256 e. The fraction of sp³-hybridized carbons (Fsp3) is 0.471. The van der Waals surface area contributed by atoms with Crippen molar-refractivity contribution in [2.75, 3.05) is 0 Å². The van der Waals surface area contributed by atoms with E-state index in [9.17, 15) is 0 Å². The highest BCUT2D eigenvalue weighted by molar-refractivity contribution is 5.49. The number of rotatable bonds is 16. The average Bonchev–Trinajstić information content (AvgIpc) is 2.91. The van der Waals surface area contributed by atoms with Gasteiger partial charge in [0, 0.05) is 23.5 Å². The van der Waals surface area contributed by atoms with Crippen LogP contribution >= 0.6 is 0 Å². The lowest BCUT2D eigenvalue weighted by Crippen LogP contribution is -1.83. The van der Waals surface area contributed by atoms with Gasteiger partial charge >= 0.3 is 0 Å². The molecule has 0 spiro atoms. The average molecular weight is 481 g/mol. The van der Waals surface area contributed by atoms with Crippen LogP contribution in [0.15, 0.2) is 48.8 Å². The Morgan fingerprint density at radius 2 is 0.972 bits per heavy atom. The van der Waals surface area contributed by atoms with Crippen LogP contribution in [0.3, 0.4) is 0 Å². The van der Waals surface area contributed by atoms with Crippen LogP contribution in [-0.4, -0.2) is 9.97 Å². The molecule has 2 heteroatoms. The van der Waals surface area contributed by atoms with Crippen molar-refractivity contribution in [3.05, 3.63) is 71.3 Å². The van der Waals surface area contributed by atoms with Crippen LogP contribution in [0.1, 0.15) is 126 Å². The van der Waals surface area contributed by atoms with Crippen molar-refractivity contribution in [1.29, 1.82) is 0 Å². The van der Waals surface area contributed by atoms with E-state index in [4.69, 9.17) is 0 Å². The monoisotopic (exact) mass is 480 g/mol. The second-order valence-electron chi connectivity index (χ2n) is 9.36. The molecule has 0 aromatic carbocycles. The first-order valence-corrected chi connectivity index (χ1v) is 14.1. The Hall–Kier alpha value is -3.10. The van der Waals surface area contributed by atoms with Gasteiger partial charge in [0.1, 0.15) is 0 Å². The Kier molecular flexibility index (Phi) is 16.3. The minimum absolute atomic E-state index is 0.876. The molecule has 2 heterocycles. The number of hydrogen-bond acceptors (Lipinski definition) is 2. The standard InChI is InChI=1S/C34H44N2/c1-3-5-7-9-11-13-15-17-23-33-27-25-31(29-35-33)21-19-20-22-32-26-28-34(36-30-32)24-18-16-14-12-10-8-6-4-2/h17-18,23-30H,3-16H2,1-2H3/b23-17+,24-18+. The maximum Gasteiger partial charge on any atom is 0.0627 e. The summed E-state index contributed by atoms with van der Waals surface area (Å²) >= 11 is 0. The van der Waals surface area contributed by atoms with Crippen LogP contribution < -0.4 is 0 Å². The van der Waals surface area contributed by atoms with Crippen LogP contribution in [0.4, 0.5) is 0 Å². The largest absolute Gasteiger partial charge is 0.256 e. The fourth-order valence-corrected chi connectivity index (χ4v) is 3.86. The first-order chi connectivity index (χ1) is 17.8. The third kappa shape index (κ3) is 14.3. The fourth-order valence-electron chi connectivity index (χ4n) is 3.86. The smallest absolute Gasteiger partial charge is 0.0627 e. The highest BCUT2D eigenvalue weighted by Gasteiger charge is 1.93. The quantitative estimate of drug-likeness (QED) is 0.177. The van der Waals surface area contributed by atoms with Crippen LogP contribution in [0.25, 0.3) is 12.2 Å². The van der Waals surface area contributed by atoms with E-state index in [1.165, 1.54) is 77.0 Å². The number of nitrogens with zero attached hydrogens (tertiary/aromatic N) is 2. The van der Waals surface area contributed by atoms with Gasteiger partial charge in [-0.15, -0.1) is 0 Å². The molecule has 0 bridgehead atoms. The summed E-state index contributed by atoms with van der Waals surface area (Å²) in [5, 5.41) is 0. The number of allylic oxidation sites excluding steroid dienone is 2. The van der Waals surface area contributed by atoms with Gasteiger partial charge in [0.15, 0.2) is 0 Å². The van der Waals surface area contributed by atoms with E-state index in [-0.39, 0.29) is 0 Å². The lowest BCUT2D eigenvalue weighted by atomic mass is 10.1. The molecule has 2 rings (SSSR count). The van der Waals surface area contributed by atoms with Gasteiger partial charge in [-0.1, -0.05) is 102 Å². The van der Waals surface area contributed by atoms with Gasteiger partial charge in [0.2, 0.25) is 0 Å². The summed E-state index contributed by atoms with van der Waals surface area (Å²) in [7, 11) is 0. The van der Waals surface area contributed by atoms with Gasteiger partial charge < -0.3 is 0 Å². The summed E-state index contributed by atoms with van der Waals surface area (Å²) in [5.41, 5.74) is 3.71. The Morgan fingerprint density at radius 1 is 0.556 bits per heavy atom. The van der Waals surface area contributed by atoms with E-state index in [1.807, 2.05) is 36.7 Å². The lowest BCUT2D eigenvalue weighted by Gasteiger charge is -1.98. The maximum atomic E-state index is 4.48. The van der Waals surface area contributed by atoms with E-state index >= 15 is 0 Å². The van der Waals surface area contributed by atoms with Crippen molar-refractivity contribution in [2.45, 2.75) is 104 Å². The van der Waals surface area contributed by atoms with Gasteiger partial charge in [-0.25, -0.2) is 0 Å². The molecule has 0 saturated heterocycles. The van der Waals surface area contributed by atoms with Crippen LogP contribution in [0.5, 0.6) is 0 Å². The zero-order valence-corrected chi connectivity index (χ0v) is 22.6. The molecule has 0 aliphatic carbocycles. The molecule has 2 nitrogen and oxygen atoms in total. The van der Waals surface area contributed by atoms with E-state index in [0.717, 1.165) is 35.4 Å². The molecule has 2 aromatic rings. The summed E-state index contributed by atoms with van der Waals surface area (Å²) in [6.45, 7) is 4.52. The van der Waals surface area contributed by atoms with Crippen molar-refractivity contribution >= 4 is 12.2 Å². The number of hydrogen-bond donors (Lipinski definition) is 0. The highest BCUT2D eigenvalue weighted by Crippen LogP contribution is 2.10. The second kappa shape index (κ2) is 20.1. The molecule has 0 atom stereocenters. The molecule has 190 valence electrons. The van der Waals surface area contributed by atoms with Crippen molar-refractivity contribution in [3.63, 3.8) is 0 Å². The van der Waals surface area contributed by atoms with E-state index in [1.54, 1.807) is 0 Å². The molecule has 0 aliphatic heterocycles. The second-order valence-corrected chi connectivity index (χ2v) is 9.36. The van der Waals surface area contributed by atoms with Gasteiger partial charge in [-0.2, -0.15) is 0 Å². The van der Waals surface area contributed by atoms with E-state index < -0.39 is 0 Å². The van der Waals surface area contributed by atoms with Gasteiger partial charge in [-0.3, -0.25) is 9.97 Å². The molecule has 2 aromatic heterocycles. The molecule has 0 unspecified atom stereocenters. The zero-order chi connectivity index (χ0) is 25.5. The molecule has 36 heavy (non-hydrogen) atoms. The third-order valence-electron chi connectivity index (χ3n) is 6.07. The number of pyridine rings is 2. The Bertz CT molecular complexity index is 920. The molecule has 0 aliphatic rings. The number of unbranched alkanes of at least 4 members (excludes halogenated alkanes) is 12. The van der Waals surface area contributed by atoms with Crippen molar-refractivity contribution < 1.29 is 0 Å². The summed E-state index contributed by atoms with van der Waals surface area (Å²) < 4.78 is 0. The Balaban J connectivity index is 1.69. The molecular formula is C34H44N2. The van der Waals surface area contributed by atoms with Crippen LogP contribution in [-0.2, 0) is 0 Å². The van der Waals surface area contributed by atoms with Gasteiger partial charge in [-0.05, 0) is 73.9 Å². The normalized spacial score (nSPS) is 10.8. The van der Waals surface area contributed by atoms with Gasteiger partial charge in [0.05, 0.1) is 11.4 Å². The summed E-state index contributed by atoms with van der Waals surface area (Å²) in [6.07, 6.45) is 30.5. The van der Waals surface area contributed by atoms with Gasteiger partial charge in [0.25, 0.3) is 0 Å². The third-order valence-corrected chi connectivity index (χ3v) is 6.07. The summed E-state index contributed by atoms with van der Waals surface area (Å²) in [6, 6.07) is 8.02. The van der Waals surface area contributed by atoms with E-state index in [0.29, 0.717) is 0 Å². The first kappa shape index (κ1) is 29.1. The Labute approximate surface area is 220 Å². The van der Waals surface area contributed by atoms with Crippen molar-refractivity contribution in [3.8, 4) is 23.7 Å². The zero-order valence-electron chi connectivity index (χ0n) is 22.6. The first-order valence-electron chi connectivity index (χ1n) is 14.1. The van der Waals surface area contributed by atoms with Crippen LogP contribution in [0.2, 0.25) is 0 Å². The van der Waals surface area contributed by atoms with Crippen LogP contribution in [0, 0.1) is 23.7 Å². The summed E-state index contributed by atoms with van der Waals surface area (Å²) in [4.78, 5) is 8.96. The SMILES string of the molecule is CCCCCCCC/C=C/c1ccc(C#CC#Cc2ccc(/C=C/CCCCCCCC)nc2)cn1. The Morgan fingerprint density at radius 3 is 1.36 bits per heavy atom. The van der Waals surface area contributed by atoms with Crippen molar-refractivity contribution in [1.82, 2.24) is 9.97 Å². The molecule has 0 saturated carbocycles. The lowest BCUT2D eigenvalue weighted by molar-refractivity contribution is 0.611. The summed E-state index contributed by atoms with van der Waals surface area (Å²) in [5.74, 6) is 12.0. The minimum atomic E-state index is 0.876. The molecular weight excluding hydrogens is 436 g/mol. The van der Waals surface area contributed by atoms with Crippen molar-refractivity contribution in [2.24, 2.45) is 0 Å². The number of aromatic nitrogens is 2. The molecule has 0 amide bonds. The maximum absolute atomic E-state index is 4.48. The molecule has 0 N–H and O–H groups in total. The van der Waals surface area contributed by atoms with E-state index in [2.05, 4.69) is 71.8 Å². The predicted molar refractivity (Wildman–Crippen MR) is 156 cm³/mol.